The van der Waals surface area contributed by atoms with E-state index in [1.54, 1.807) is 6.20 Å². The lowest BCUT2D eigenvalue weighted by atomic mass is 10.2. The molecular formula is C12H17N5O. The normalized spacial score (nSPS) is 20.6. The van der Waals surface area contributed by atoms with Gasteiger partial charge in [-0.25, -0.2) is 4.98 Å². The van der Waals surface area contributed by atoms with Crippen LogP contribution in [0.15, 0.2) is 16.9 Å². The second-order valence-corrected chi connectivity index (χ2v) is 4.56. The number of H-pyrrole nitrogens is 1. The van der Waals surface area contributed by atoms with Crippen LogP contribution in [0.25, 0.3) is 0 Å². The highest BCUT2D eigenvalue weighted by atomic mass is 16.5. The Labute approximate surface area is 105 Å². The number of hydrogen-bond acceptors (Lipinski definition) is 5. The zero-order valence-corrected chi connectivity index (χ0v) is 10.5. The summed E-state index contributed by atoms with van der Waals surface area (Å²) in [6.45, 7) is 3.89. The van der Waals surface area contributed by atoms with E-state index in [0.29, 0.717) is 0 Å². The highest BCUT2D eigenvalue weighted by molar-refractivity contribution is 4.99. The number of nitrogens with zero attached hydrogens (tertiary/aromatic N) is 4. The van der Waals surface area contributed by atoms with Crippen LogP contribution in [0.4, 0.5) is 0 Å². The van der Waals surface area contributed by atoms with Crippen LogP contribution >= 0.6 is 0 Å². The molecule has 18 heavy (non-hydrogen) atoms. The van der Waals surface area contributed by atoms with Gasteiger partial charge in [0, 0.05) is 18.8 Å². The van der Waals surface area contributed by atoms with E-state index in [9.17, 15) is 0 Å². The molecule has 6 heteroatoms. The molecule has 0 bridgehead atoms. The Balaban J connectivity index is 1.74. The lowest BCUT2D eigenvalue weighted by Gasteiger charge is -2.20. The largest absolute Gasteiger partial charge is 0.348 e. The Morgan fingerprint density at radius 2 is 2.50 bits per heavy atom. The first kappa shape index (κ1) is 11.4. The highest BCUT2D eigenvalue weighted by Gasteiger charge is 2.30. The van der Waals surface area contributed by atoms with Gasteiger partial charge in [-0.3, -0.25) is 4.90 Å². The molecule has 6 nitrogen and oxygen atoms in total. The fourth-order valence-electron chi connectivity index (χ4n) is 2.43. The van der Waals surface area contributed by atoms with Gasteiger partial charge in [0.15, 0.2) is 5.82 Å². The minimum atomic E-state index is 0.263. The van der Waals surface area contributed by atoms with E-state index in [1.165, 1.54) is 6.42 Å². The Kier molecular flexibility index (Phi) is 3.10. The fourth-order valence-corrected chi connectivity index (χ4v) is 2.43. The number of likely N-dealkylation sites (tertiary alicyclic amines) is 1. The van der Waals surface area contributed by atoms with Crippen LogP contribution in [0.5, 0.6) is 0 Å². The van der Waals surface area contributed by atoms with Crippen molar-refractivity contribution in [3.63, 3.8) is 0 Å². The average Bonchev–Trinajstić information content (AvgIpc) is 3.09. The van der Waals surface area contributed by atoms with Crippen LogP contribution in [-0.2, 0) is 13.0 Å². The average molecular weight is 247 g/mol. The molecule has 96 valence electrons. The third-order valence-electron chi connectivity index (χ3n) is 3.36. The lowest BCUT2D eigenvalue weighted by molar-refractivity contribution is 0.229. The SMILES string of the molecule is CCc1nc([C@H]2CCCN2Cc2ncc[nH]2)no1. The molecular weight excluding hydrogens is 230 g/mol. The molecule has 3 heterocycles. The summed E-state index contributed by atoms with van der Waals surface area (Å²) in [5.74, 6) is 2.52. The van der Waals surface area contributed by atoms with Gasteiger partial charge < -0.3 is 9.51 Å². The topological polar surface area (TPSA) is 70.8 Å². The Morgan fingerprint density at radius 3 is 3.22 bits per heavy atom. The van der Waals surface area contributed by atoms with Crippen LogP contribution in [0.2, 0.25) is 0 Å². The molecule has 2 aromatic heterocycles. The molecule has 1 aliphatic heterocycles. The fraction of sp³-hybridized carbons (Fsp3) is 0.583. The summed E-state index contributed by atoms with van der Waals surface area (Å²) in [7, 11) is 0. The van der Waals surface area contributed by atoms with Crippen LogP contribution in [0, 0.1) is 0 Å². The summed E-state index contributed by atoms with van der Waals surface area (Å²) in [4.78, 5) is 14.2. The van der Waals surface area contributed by atoms with Crippen LogP contribution in [-0.4, -0.2) is 31.6 Å². The van der Waals surface area contributed by atoms with Crippen molar-refractivity contribution in [3.05, 3.63) is 29.9 Å². The molecule has 0 radical (unpaired) electrons. The number of aromatic amines is 1. The Bertz CT molecular complexity index is 492. The molecule has 1 N–H and O–H groups in total. The Morgan fingerprint density at radius 1 is 1.56 bits per heavy atom. The summed E-state index contributed by atoms with van der Waals surface area (Å²) in [6.07, 6.45) is 6.68. The number of hydrogen-bond donors (Lipinski definition) is 1. The number of rotatable bonds is 4. The van der Waals surface area contributed by atoms with Crippen molar-refractivity contribution in [1.29, 1.82) is 0 Å². The van der Waals surface area contributed by atoms with Crippen molar-refractivity contribution in [2.24, 2.45) is 0 Å². The van der Waals surface area contributed by atoms with Crippen LogP contribution in [0.3, 0.4) is 0 Å². The second-order valence-electron chi connectivity index (χ2n) is 4.56. The van der Waals surface area contributed by atoms with Gasteiger partial charge >= 0.3 is 0 Å². The van der Waals surface area contributed by atoms with E-state index in [-0.39, 0.29) is 6.04 Å². The van der Waals surface area contributed by atoms with Gasteiger partial charge in [0.2, 0.25) is 5.89 Å². The minimum absolute atomic E-state index is 0.263. The van der Waals surface area contributed by atoms with Crippen LogP contribution < -0.4 is 0 Å². The molecule has 0 aromatic carbocycles. The molecule has 0 aliphatic carbocycles. The molecule has 3 rings (SSSR count). The van der Waals surface area contributed by atoms with Crippen LogP contribution in [0.1, 0.15) is 43.3 Å². The zero-order valence-electron chi connectivity index (χ0n) is 10.5. The number of aryl methyl sites for hydroxylation is 1. The summed E-state index contributed by atoms with van der Waals surface area (Å²) in [5.41, 5.74) is 0. The first-order valence-corrected chi connectivity index (χ1v) is 6.41. The summed E-state index contributed by atoms with van der Waals surface area (Å²) >= 11 is 0. The number of nitrogens with one attached hydrogen (secondary N) is 1. The zero-order chi connectivity index (χ0) is 12.4. The maximum atomic E-state index is 5.20. The molecule has 1 atom stereocenters. The molecule has 1 saturated heterocycles. The van der Waals surface area contributed by atoms with E-state index in [0.717, 1.165) is 43.5 Å². The maximum absolute atomic E-state index is 5.20. The first-order chi connectivity index (χ1) is 8.86. The molecule has 2 aromatic rings. The highest BCUT2D eigenvalue weighted by Crippen LogP contribution is 2.30. The standard InChI is InChI=1S/C12H17N5O/c1-2-11-15-12(16-18-11)9-4-3-7-17(9)8-10-13-5-6-14-10/h5-6,9H,2-4,7-8H2,1H3,(H,13,14)/t9-/m1/s1. The number of aromatic nitrogens is 4. The lowest BCUT2D eigenvalue weighted by Crippen LogP contribution is -2.24. The first-order valence-electron chi connectivity index (χ1n) is 6.41. The Hall–Kier alpha value is -1.69. The number of imidazole rings is 1. The van der Waals surface area contributed by atoms with Crippen molar-refractivity contribution < 1.29 is 4.52 Å². The van der Waals surface area contributed by atoms with Crippen molar-refractivity contribution >= 4 is 0 Å². The summed E-state index contributed by atoms with van der Waals surface area (Å²) in [5, 5.41) is 4.09. The quantitative estimate of drug-likeness (QED) is 0.890. The van der Waals surface area contributed by atoms with E-state index in [4.69, 9.17) is 4.52 Å². The second kappa shape index (κ2) is 4.89. The maximum Gasteiger partial charge on any atom is 0.226 e. The van der Waals surface area contributed by atoms with Gasteiger partial charge in [0.1, 0.15) is 5.82 Å². The predicted molar refractivity (Wildman–Crippen MR) is 64.6 cm³/mol. The van der Waals surface area contributed by atoms with E-state index in [2.05, 4.69) is 25.0 Å². The molecule has 0 amide bonds. The molecule has 0 unspecified atom stereocenters. The predicted octanol–water partition coefficient (Wildman–Crippen LogP) is 1.69. The van der Waals surface area contributed by atoms with Gasteiger partial charge in [0.05, 0.1) is 12.6 Å². The van der Waals surface area contributed by atoms with Crippen molar-refractivity contribution in [1.82, 2.24) is 25.0 Å². The molecule has 0 saturated carbocycles. The van der Waals surface area contributed by atoms with Crippen molar-refractivity contribution in [2.75, 3.05) is 6.54 Å². The molecule has 1 aliphatic rings. The monoisotopic (exact) mass is 247 g/mol. The van der Waals surface area contributed by atoms with E-state index >= 15 is 0 Å². The van der Waals surface area contributed by atoms with Crippen molar-refractivity contribution in [2.45, 2.75) is 38.8 Å². The van der Waals surface area contributed by atoms with E-state index < -0.39 is 0 Å². The van der Waals surface area contributed by atoms with Gasteiger partial charge in [0.25, 0.3) is 0 Å². The van der Waals surface area contributed by atoms with E-state index in [1.807, 2.05) is 13.1 Å². The molecule has 0 spiro atoms. The summed E-state index contributed by atoms with van der Waals surface area (Å²) in [6, 6.07) is 0.263. The van der Waals surface area contributed by atoms with Gasteiger partial charge in [-0.15, -0.1) is 0 Å². The molecule has 1 fully saturated rings. The van der Waals surface area contributed by atoms with Gasteiger partial charge in [-0.1, -0.05) is 12.1 Å². The minimum Gasteiger partial charge on any atom is -0.348 e. The van der Waals surface area contributed by atoms with Gasteiger partial charge in [-0.2, -0.15) is 4.98 Å². The third-order valence-corrected chi connectivity index (χ3v) is 3.36. The summed E-state index contributed by atoms with van der Waals surface area (Å²) < 4.78 is 5.20. The van der Waals surface area contributed by atoms with Gasteiger partial charge in [-0.05, 0) is 19.4 Å². The third kappa shape index (κ3) is 2.15. The smallest absolute Gasteiger partial charge is 0.226 e. The van der Waals surface area contributed by atoms with Crippen molar-refractivity contribution in [3.8, 4) is 0 Å².